The van der Waals surface area contributed by atoms with Gasteiger partial charge >= 0.3 is 23.9 Å². The summed E-state index contributed by atoms with van der Waals surface area (Å²) in [4.78, 5) is 96.9. The van der Waals surface area contributed by atoms with Crippen LogP contribution in [0.25, 0.3) is 10.2 Å². The second-order valence-electron chi connectivity index (χ2n) is 18.4. The monoisotopic (exact) mass is 1040 g/mol. The summed E-state index contributed by atoms with van der Waals surface area (Å²) >= 11 is 1.22. The van der Waals surface area contributed by atoms with E-state index in [1.165, 1.54) is 11.3 Å². The number of nitrogens with zero attached hydrogens (tertiary/aromatic N) is 3. The summed E-state index contributed by atoms with van der Waals surface area (Å²) in [7, 11) is 2.30. The fourth-order valence-electron chi connectivity index (χ4n) is 10.9. The molecule has 4 amide bonds. The molecule has 16 nitrogen and oxygen atoms in total. The summed E-state index contributed by atoms with van der Waals surface area (Å²) in [6.07, 6.45) is -1.28. The average molecular weight is 1040 g/mol. The number of hydrogen-bond donors (Lipinski definition) is 3. The van der Waals surface area contributed by atoms with Gasteiger partial charge in [0.05, 0.1) is 60.8 Å². The Morgan fingerprint density at radius 1 is 0.789 bits per heavy atom. The number of imide groups is 1. The SMILES string of the molecule is COC(=O)C(CC#Cc1ccc2c(c1)[C@]1(C(=O)N2C(=O)N[C@H](C)c2ccccc2)[C@H](c2ccc(OCCO)cc2)N2[C@H](c3ccccc3)[C@H](c3ccccc3)OC(=O)[C@H]2[C@@H]1C(=O)Nc1nc2ccccc2s1)C(=O)OC. The third kappa shape index (κ3) is 9.20. The van der Waals surface area contributed by atoms with E-state index in [0.717, 1.165) is 29.4 Å². The van der Waals surface area contributed by atoms with Crippen LogP contribution in [0.4, 0.5) is 15.6 Å². The summed E-state index contributed by atoms with van der Waals surface area (Å²) in [5.41, 5.74) is 1.60. The smallest absolute Gasteiger partial charge is 0.329 e. The van der Waals surface area contributed by atoms with Gasteiger partial charge in [-0.15, -0.1) is 0 Å². The number of carbonyl (C=O) groups excluding carboxylic acids is 6. The van der Waals surface area contributed by atoms with Gasteiger partial charge in [0.25, 0.3) is 0 Å². The summed E-state index contributed by atoms with van der Waals surface area (Å²) in [6, 6.07) is 41.8. The third-order valence-corrected chi connectivity index (χ3v) is 15.1. The van der Waals surface area contributed by atoms with E-state index in [2.05, 4.69) is 22.5 Å². The number of amides is 4. The van der Waals surface area contributed by atoms with Gasteiger partial charge in [-0.05, 0) is 77.2 Å². The van der Waals surface area contributed by atoms with Crippen LogP contribution in [0.1, 0.15) is 71.0 Å². The maximum absolute atomic E-state index is 16.8. The van der Waals surface area contributed by atoms with Crippen molar-refractivity contribution in [3.8, 4) is 17.6 Å². The maximum Gasteiger partial charge on any atom is 0.329 e. The molecule has 6 aromatic carbocycles. The van der Waals surface area contributed by atoms with Crippen LogP contribution in [0.15, 0.2) is 158 Å². The number of aliphatic hydroxyl groups excluding tert-OH is 1. The fraction of sp³-hybridized carbons (Fsp3) is 0.237. The van der Waals surface area contributed by atoms with E-state index >= 15 is 19.2 Å². The van der Waals surface area contributed by atoms with Crippen LogP contribution in [-0.2, 0) is 43.6 Å². The normalized spacial score (nSPS) is 21.0. The Morgan fingerprint density at radius 3 is 2.09 bits per heavy atom. The number of carbonyl (C=O) groups is 6. The highest BCUT2D eigenvalue weighted by atomic mass is 32.1. The van der Waals surface area contributed by atoms with Crippen molar-refractivity contribution in [3.63, 3.8) is 0 Å². The van der Waals surface area contributed by atoms with Crippen LogP contribution < -0.4 is 20.3 Å². The number of benzene rings is 6. The van der Waals surface area contributed by atoms with Crippen molar-refractivity contribution < 1.29 is 52.8 Å². The molecule has 0 saturated carbocycles. The number of morpholine rings is 1. The zero-order valence-electron chi connectivity index (χ0n) is 41.5. The number of cyclic esters (lactones) is 1. The molecule has 7 aromatic rings. The molecule has 7 atom stereocenters. The van der Waals surface area contributed by atoms with E-state index in [-0.39, 0.29) is 41.6 Å². The second kappa shape index (κ2) is 21.6. The van der Waals surface area contributed by atoms with E-state index in [4.69, 9.17) is 23.9 Å². The number of esters is 3. The first-order chi connectivity index (χ1) is 37.0. The number of ether oxygens (including phenoxy) is 4. The Morgan fingerprint density at radius 2 is 1.43 bits per heavy atom. The van der Waals surface area contributed by atoms with Gasteiger partial charge in [0.2, 0.25) is 11.8 Å². The molecule has 10 rings (SSSR count). The quantitative estimate of drug-likeness (QED) is 0.0433. The predicted molar refractivity (Wildman–Crippen MR) is 282 cm³/mol. The second-order valence-corrected chi connectivity index (χ2v) is 19.5. The number of anilines is 2. The molecule has 2 saturated heterocycles. The van der Waals surface area contributed by atoms with E-state index < -0.39 is 83.3 Å². The molecule has 3 aliphatic rings. The summed E-state index contributed by atoms with van der Waals surface area (Å²) in [5.74, 6) is -0.728. The van der Waals surface area contributed by atoms with Gasteiger partial charge < -0.3 is 34.7 Å². The maximum atomic E-state index is 16.8. The van der Waals surface area contributed by atoms with Gasteiger partial charge in [-0.25, -0.2) is 14.7 Å². The van der Waals surface area contributed by atoms with Gasteiger partial charge in [0.15, 0.2) is 11.0 Å². The standard InChI is InChI=1S/C59H51N5O11S/c1-35(37-17-7-4-8-18-37)60-58(71)63-45-31-26-36(16-15-23-42(53(67)72-2)54(68)73-3)34-43(45)59(56(63)70)47(52(66)62-57-61-44-24-13-14-25-46(44)76-57)49-55(69)75-50(39-21-11-6-12-22-39)48(38-19-9-5-10-20-38)64(49)51(59)40-27-29-41(30-28-40)74-33-32-65/h4-14,17-22,24-31,34-35,42,47-51,65H,23,32-33H2,1-3H3,(H,60,71)(H,61,62,66)/t35-,47-,48-,49-,50+,51+,59-/m1/s1. The van der Waals surface area contributed by atoms with Gasteiger partial charge in [-0.3, -0.25) is 28.9 Å². The lowest BCUT2D eigenvalue weighted by Crippen LogP contribution is -2.55. The molecule has 2 fully saturated rings. The van der Waals surface area contributed by atoms with Crippen molar-refractivity contribution in [2.24, 2.45) is 11.8 Å². The van der Waals surface area contributed by atoms with E-state index in [1.807, 2.05) is 120 Å². The number of aliphatic hydroxyl groups is 1. The van der Waals surface area contributed by atoms with Crippen LogP contribution in [0.2, 0.25) is 0 Å². The number of urea groups is 1. The Balaban J connectivity index is 1.25. The predicted octanol–water partition coefficient (Wildman–Crippen LogP) is 8.15. The number of rotatable bonds is 13. The number of hydrogen-bond acceptors (Lipinski definition) is 14. The van der Waals surface area contributed by atoms with Crippen molar-refractivity contribution in [1.29, 1.82) is 0 Å². The van der Waals surface area contributed by atoms with Crippen LogP contribution in [0, 0.1) is 23.7 Å². The number of nitrogens with one attached hydrogen (secondary N) is 2. The Labute approximate surface area is 441 Å². The largest absolute Gasteiger partial charge is 0.491 e. The summed E-state index contributed by atoms with van der Waals surface area (Å²) in [5, 5.41) is 15.9. The molecular weight excluding hydrogens is 987 g/mol. The van der Waals surface area contributed by atoms with Gasteiger partial charge in [0.1, 0.15) is 29.9 Å². The van der Waals surface area contributed by atoms with Gasteiger partial charge in [-0.2, -0.15) is 0 Å². The van der Waals surface area contributed by atoms with Crippen molar-refractivity contribution in [3.05, 3.63) is 191 Å². The minimum Gasteiger partial charge on any atom is -0.491 e. The number of fused-ring (bicyclic) bond motifs is 4. The minimum atomic E-state index is -2.17. The molecule has 0 aliphatic carbocycles. The summed E-state index contributed by atoms with van der Waals surface area (Å²) in [6.45, 7) is 1.53. The molecule has 0 unspecified atom stereocenters. The molecule has 384 valence electrons. The Bertz CT molecular complexity index is 3350. The number of aromatic nitrogens is 1. The zero-order valence-corrected chi connectivity index (χ0v) is 42.3. The summed E-state index contributed by atoms with van der Waals surface area (Å²) < 4.78 is 23.0. The number of para-hydroxylation sites is 1. The first kappa shape index (κ1) is 50.8. The van der Waals surface area contributed by atoms with E-state index in [0.29, 0.717) is 28.0 Å². The van der Waals surface area contributed by atoms with Crippen LogP contribution >= 0.6 is 11.3 Å². The minimum absolute atomic E-state index is 0.00322. The van der Waals surface area contributed by atoms with Gasteiger partial charge in [0, 0.05) is 12.0 Å². The third-order valence-electron chi connectivity index (χ3n) is 14.2. The molecule has 1 spiro atoms. The molecule has 17 heteroatoms. The fourth-order valence-corrected chi connectivity index (χ4v) is 11.8. The topological polar surface area (TPSA) is 203 Å². The molecule has 0 radical (unpaired) electrons. The highest BCUT2D eigenvalue weighted by Crippen LogP contribution is 2.66. The molecule has 76 heavy (non-hydrogen) atoms. The van der Waals surface area contributed by atoms with Crippen LogP contribution in [0.3, 0.4) is 0 Å². The van der Waals surface area contributed by atoms with Crippen molar-refractivity contribution in [2.45, 2.75) is 49.0 Å². The molecule has 3 N–H and O–H groups in total. The van der Waals surface area contributed by atoms with Gasteiger partial charge in [-0.1, -0.05) is 138 Å². The van der Waals surface area contributed by atoms with Crippen LogP contribution in [0.5, 0.6) is 5.75 Å². The lowest BCUT2D eigenvalue weighted by molar-refractivity contribution is -0.178. The zero-order chi connectivity index (χ0) is 53.1. The first-order valence-corrected chi connectivity index (χ1v) is 25.4. The average Bonchev–Trinajstić information content (AvgIpc) is 4.27. The molecule has 1 aromatic heterocycles. The molecular formula is C59H51N5O11S. The number of methoxy groups -OCH3 is 2. The van der Waals surface area contributed by atoms with Crippen molar-refractivity contribution in [2.75, 3.05) is 37.7 Å². The van der Waals surface area contributed by atoms with Crippen molar-refractivity contribution in [1.82, 2.24) is 15.2 Å². The highest BCUT2D eigenvalue weighted by molar-refractivity contribution is 7.22. The van der Waals surface area contributed by atoms with Crippen molar-refractivity contribution >= 4 is 68.1 Å². The Kier molecular flexibility index (Phi) is 14.5. The van der Waals surface area contributed by atoms with E-state index in [9.17, 15) is 14.7 Å². The lowest BCUT2D eigenvalue weighted by atomic mass is 9.65. The first-order valence-electron chi connectivity index (χ1n) is 24.5. The molecule has 4 heterocycles. The molecule has 3 aliphatic heterocycles. The molecule has 0 bridgehead atoms. The number of thiazole rings is 1. The lowest BCUT2D eigenvalue weighted by Gasteiger charge is -2.46. The van der Waals surface area contributed by atoms with E-state index in [1.54, 1.807) is 49.4 Å². The van der Waals surface area contributed by atoms with Crippen LogP contribution in [-0.4, -0.2) is 84.2 Å². The Hall–Kier alpha value is -8.69. The highest BCUT2D eigenvalue weighted by Gasteiger charge is 2.75.